The van der Waals surface area contributed by atoms with Crippen LogP contribution in [0.2, 0.25) is 0 Å². The van der Waals surface area contributed by atoms with Gasteiger partial charge in [0.2, 0.25) is 0 Å². The lowest BCUT2D eigenvalue weighted by Crippen LogP contribution is -2.33. The van der Waals surface area contributed by atoms with E-state index < -0.39 is 0 Å². The number of aliphatic hydroxyl groups excluding tert-OH is 1. The molecule has 2 rings (SSSR count). The third kappa shape index (κ3) is 3.78. The summed E-state index contributed by atoms with van der Waals surface area (Å²) in [7, 11) is 0. The maximum Gasteiger partial charge on any atom is 0.252 e. The van der Waals surface area contributed by atoms with Crippen molar-refractivity contribution < 1.29 is 9.90 Å². The van der Waals surface area contributed by atoms with Crippen LogP contribution in [0.25, 0.3) is 0 Å². The molecule has 0 bridgehead atoms. The van der Waals surface area contributed by atoms with E-state index in [0.29, 0.717) is 18.0 Å². The number of rotatable bonds is 3. The largest absolute Gasteiger partial charge is 0.393 e. The highest BCUT2D eigenvalue weighted by Gasteiger charge is 2.20. The first-order valence-electron chi connectivity index (χ1n) is 6.23. The molecular formula is C13H17BrN2O2. The summed E-state index contributed by atoms with van der Waals surface area (Å²) in [6.07, 6.45) is 5.15. The average Bonchev–Trinajstić information content (AvgIpc) is 2.37. The lowest BCUT2D eigenvalue weighted by atomic mass is 9.87. The first-order valence-corrected chi connectivity index (χ1v) is 7.02. The van der Waals surface area contributed by atoms with Crippen LogP contribution in [0.3, 0.4) is 0 Å². The number of nitrogens with zero attached hydrogens (tertiary/aromatic N) is 1. The molecular weight excluding hydrogens is 296 g/mol. The molecule has 2 atom stereocenters. The highest BCUT2D eigenvalue weighted by atomic mass is 79.9. The van der Waals surface area contributed by atoms with Gasteiger partial charge < -0.3 is 10.4 Å². The molecule has 1 saturated carbocycles. The van der Waals surface area contributed by atoms with E-state index in [0.717, 1.165) is 30.3 Å². The molecule has 1 aliphatic carbocycles. The van der Waals surface area contributed by atoms with Crippen LogP contribution in [-0.4, -0.2) is 28.6 Å². The van der Waals surface area contributed by atoms with Gasteiger partial charge in [-0.3, -0.25) is 4.79 Å². The molecule has 1 aliphatic rings. The molecule has 5 heteroatoms. The predicted molar refractivity (Wildman–Crippen MR) is 72.2 cm³/mol. The molecule has 4 nitrogen and oxygen atoms in total. The van der Waals surface area contributed by atoms with Gasteiger partial charge in [0.25, 0.3) is 5.91 Å². The van der Waals surface area contributed by atoms with Crippen LogP contribution in [-0.2, 0) is 0 Å². The van der Waals surface area contributed by atoms with E-state index in [1.807, 2.05) is 0 Å². The van der Waals surface area contributed by atoms with Crippen molar-refractivity contribution in [2.45, 2.75) is 31.8 Å². The van der Waals surface area contributed by atoms with Gasteiger partial charge in [0.15, 0.2) is 0 Å². The Morgan fingerprint density at radius 2 is 2.33 bits per heavy atom. The van der Waals surface area contributed by atoms with Gasteiger partial charge in [-0.05, 0) is 53.2 Å². The van der Waals surface area contributed by atoms with Crippen molar-refractivity contribution in [2.75, 3.05) is 6.54 Å². The van der Waals surface area contributed by atoms with E-state index in [9.17, 15) is 9.90 Å². The zero-order valence-corrected chi connectivity index (χ0v) is 11.7. The Bertz CT molecular complexity index is 408. The lowest BCUT2D eigenvalue weighted by Gasteiger charge is -2.25. The molecule has 1 aromatic rings. The summed E-state index contributed by atoms with van der Waals surface area (Å²) in [5.74, 6) is 0.288. The fourth-order valence-corrected chi connectivity index (χ4v) is 2.53. The maximum atomic E-state index is 11.9. The molecule has 98 valence electrons. The molecule has 2 unspecified atom stereocenters. The number of aliphatic hydroxyl groups is 1. The number of pyridine rings is 1. The fraction of sp³-hybridized carbons (Fsp3) is 0.538. The van der Waals surface area contributed by atoms with Gasteiger partial charge in [-0.15, -0.1) is 0 Å². The van der Waals surface area contributed by atoms with Gasteiger partial charge in [-0.25, -0.2) is 4.98 Å². The third-order valence-electron chi connectivity index (χ3n) is 3.30. The van der Waals surface area contributed by atoms with Gasteiger partial charge in [-0.2, -0.15) is 0 Å². The van der Waals surface area contributed by atoms with Crippen molar-refractivity contribution in [3.63, 3.8) is 0 Å². The molecule has 0 radical (unpaired) electrons. The Morgan fingerprint density at radius 1 is 1.50 bits per heavy atom. The SMILES string of the molecule is O=C(NCC1CCCC(O)C1)c1ccc(Br)nc1. The van der Waals surface area contributed by atoms with E-state index in [4.69, 9.17) is 0 Å². The second kappa shape index (κ2) is 6.29. The number of aromatic nitrogens is 1. The number of nitrogens with one attached hydrogen (secondary N) is 1. The van der Waals surface area contributed by atoms with E-state index in [1.54, 1.807) is 18.3 Å². The molecule has 2 N–H and O–H groups in total. The number of hydrogen-bond donors (Lipinski definition) is 2. The Morgan fingerprint density at radius 3 is 3.00 bits per heavy atom. The van der Waals surface area contributed by atoms with Crippen LogP contribution in [0, 0.1) is 5.92 Å². The number of halogens is 1. The lowest BCUT2D eigenvalue weighted by molar-refractivity contribution is 0.0873. The minimum absolute atomic E-state index is 0.102. The third-order valence-corrected chi connectivity index (χ3v) is 3.77. The highest BCUT2D eigenvalue weighted by Crippen LogP contribution is 2.23. The van der Waals surface area contributed by atoms with Crippen molar-refractivity contribution in [1.82, 2.24) is 10.3 Å². The molecule has 0 spiro atoms. The minimum atomic E-state index is -0.199. The molecule has 0 aliphatic heterocycles. The van der Waals surface area contributed by atoms with E-state index >= 15 is 0 Å². The summed E-state index contributed by atoms with van der Waals surface area (Å²) < 4.78 is 0.717. The van der Waals surface area contributed by atoms with Crippen molar-refractivity contribution in [1.29, 1.82) is 0 Å². The number of amides is 1. The van der Waals surface area contributed by atoms with Crippen LogP contribution < -0.4 is 5.32 Å². The zero-order chi connectivity index (χ0) is 13.0. The van der Waals surface area contributed by atoms with Crippen LogP contribution in [0.5, 0.6) is 0 Å². The summed E-state index contributed by atoms with van der Waals surface area (Å²) in [5, 5.41) is 12.5. The molecule has 1 fully saturated rings. The van der Waals surface area contributed by atoms with Crippen molar-refractivity contribution in [2.24, 2.45) is 5.92 Å². The highest BCUT2D eigenvalue weighted by molar-refractivity contribution is 9.10. The second-order valence-corrected chi connectivity index (χ2v) is 5.58. The average molecular weight is 313 g/mol. The van der Waals surface area contributed by atoms with Crippen molar-refractivity contribution >= 4 is 21.8 Å². The number of carbonyl (C=O) groups excluding carboxylic acids is 1. The molecule has 1 amide bonds. The number of carbonyl (C=O) groups is 1. The molecule has 0 saturated heterocycles. The van der Waals surface area contributed by atoms with Gasteiger partial charge in [-0.1, -0.05) is 6.42 Å². The van der Waals surface area contributed by atoms with Crippen LogP contribution in [0.1, 0.15) is 36.0 Å². The Labute approximate surface area is 115 Å². The summed E-state index contributed by atoms with van der Waals surface area (Å²) in [6.45, 7) is 0.631. The van der Waals surface area contributed by atoms with Gasteiger partial charge in [0.05, 0.1) is 11.7 Å². The van der Waals surface area contributed by atoms with Crippen LogP contribution in [0.4, 0.5) is 0 Å². The van der Waals surface area contributed by atoms with Crippen molar-refractivity contribution in [3.8, 4) is 0 Å². The normalized spacial score (nSPS) is 23.7. The summed E-state index contributed by atoms with van der Waals surface area (Å²) >= 11 is 3.23. The first kappa shape index (κ1) is 13.5. The van der Waals surface area contributed by atoms with Gasteiger partial charge in [0.1, 0.15) is 4.60 Å². The number of hydrogen-bond acceptors (Lipinski definition) is 3. The quantitative estimate of drug-likeness (QED) is 0.840. The Kier molecular flexibility index (Phi) is 4.72. The summed E-state index contributed by atoms with van der Waals surface area (Å²) in [5.41, 5.74) is 0.564. The van der Waals surface area contributed by atoms with E-state index in [2.05, 4.69) is 26.2 Å². The topological polar surface area (TPSA) is 62.2 Å². The van der Waals surface area contributed by atoms with Crippen LogP contribution in [0.15, 0.2) is 22.9 Å². The molecule has 18 heavy (non-hydrogen) atoms. The summed E-state index contributed by atoms with van der Waals surface area (Å²) in [6, 6.07) is 3.49. The zero-order valence-electron chi connectivity index (χ0n) is 10.1. The Balaban J connectivity index is 1.82. The van der Waals surface area contributed by atoms with E-state index in [-0.39, 0.29) is 12.0 Å². The molecule has 0 aromatic carbocycles. The molecule has 1 heterocycles. The van der Waals surface area contributed by atoms with Crippen molar-refractivity contribution in [3.05, 3.63) is 28.5 Å². The standard InChI is InChI=1S/C13H17BrN2O2/c14-12-5-4-10(8-15-12)13(18)16-7-9-2-1-3-11(17)6-9/h4-5,8-9,11,17H,1-3,6-7H2,(H,16,18). The molecule has 1 aromatic heterocycles. The maximum absolute atomic E-state index is 11.9. The van der Waals surface area contributed by atoms with Gasteiger partial charge in [0, 0.05) is 12.7 Å². The summed E-state index contributed by atoms with van der Waals surface area (Å²) in [4.78, 5) is 15.9. The van der Waals surface area contributed by atoms with Gasteiger partial charge >= 0.3 is 0 Å². The first-order chi connectivity index (χ1) is 8.65. The second-order valence-electron chi connectivity index (χ2n) is 4.77. The van der Waals surface area contributed by atoms with E-state index in [1.165, 1.54) is 0 Å². The smallest absolute Gasteiger partial charge is 0.252 e. The predicted octanol–water partition coefficient (Wildman–Crippen LogP) is 2.12. The monoisotopic (exact) mass is 312 g/mol. The fourth-order valence-electron chi connectivity index (χ4n) is 2.30. The Hall–Kier alpha value is -0.940. The minimum Gasteiger partial charge on any atom is -0.393 e. The van der Waals surface area contributed by atoms with Crippen LogP contribution >= 0.6 is 15.9 Å².